The number of nitrogens with one attached hydrogen (secondary N) is 1. The van der Waals surface area contributed by atoms with Gasteiger partial charge in [-0.25, -0.2) is 17.9 Å². The fraction of sp³-hybridized carbons (Fsp3) is 0.500. The third-order valence-corrected chi connectivity index (χ3v) is 3.53. The first-order valence-corrected chi connectivity index (χ1v) is 7.56. The first kappa shape index (κ1) is 15.9. The standard InChI is InChI=1S/C12H20FN3O2S/c1-16(2)8-4-3-7-15-12-6-5-10(9-11(12)13)19(14,17)18/h5-6,9,15H,3-4,7-8H2,1-2H3,(H2,14,17,18). The molecule has 7 heteroatoms. The number of halogens is 1. The number of anilines is 1. The van der Waals surface area contributed by atoms with Crippen molar-refractivity contribution in [2.24, 2.45) is 5.14 Å². The zero-order chi connectivity index (χ0) is 14.5. The molecule has 0 bridgehead atoms. The van der Waals surface area contributed by atoms with Crippen LogP contribution in [0.15, 0.2) is 23.1 Å². The molecule has 1 aromatic carbocycles. The second-order valence-electron chi connectivity index (χ2n) is 4.62. The number of sulfonamides is 1. The molecule has 0 saturated carbocycles. The second kappa shape index (κ2) is 6.83. The monoisotopic (exact) mass is 289 g/mol. The summed E-state index contributed by atoms with van der Waals surface area (Å²) < 4.78 is 35.7. The zero-order valence-electron chi connectivity index (χ0n) is 11.2. The highest BCUT2D eigenvalue weighted by Gasteiger charge is 2.11. The van der Waals surface area contributed by atoms with Crippen molar-refractivity contribution in [1.29, 1.82) is 0 Å². The number of primary sulfonamides is 1. The lowest BCUT2D eigenvalue weighted by molar-refractivity contribution is 0.396. The number of nitrogens with zero attached hydrogens (tertiary/aromatic N) is 1. The van der Waals surface area contributed by atoms with E-state index in [2.05, 4.69) is 10.2 Å². The van der Waals surface area contributed by atoms with Crippen molar-refractivity contribution in [2.75, 3.05) is 32.5 Å². The van der Waals surface area contributed by atoms with Crippen LogP contribution < -0.4 is 10.5 Å². The van der Waals surface area contributed by atoms with Crippen LogP contribution in [-0.4, -0.2) is 40.5 Å². The van der Waals surface area contributed by atoms with Gasteiger partial charge in [-0.3, -0.25) is 0 Å². The van der Waals surface area contributed by atoms with Crippen LogP contribution in [0, 0.1) is 5.82 Å². The summed E-state index contributed by atoms with van der Waals surface area (Å²) in [5.41, 5.74) is 0.289. The average molecular weight is 289 g/mol. The predicted molar refractivity (Wildman–Crippen MR) is 74.1 cm³/mol. The summed E-state index contributed by atoms with van der Waals surface area (Å²) in [6.45, 7) is 1.62. The third-order valence-electron chi connectivity index (χ3n) is 2.62. The van der Waals surface area contributed by atoms with Gasteiger partial charge in [0.1, 0.15) is 5.82 Å². The minimum absolute atomic E-state index is 0.219. The van der Waals surface area contributed by atoms with Crippen LogP contribution in [0.3, 0.4) is 0 Å². The van der Waals surface area contributed by atoms with Gasteiger partial charge in [0.15, 0.2) is 0 Å². The van der Waals surface area contributed by atoms with E-state index in [9.17, 15) is 12.8 Å². The molecule has 108 valence electrons. The molecule has 0 aliphatic heterocycles. The van der Waals surface area contributed by atoms with Gasteiger partial charge in [-0.1, -0.05) is 0 Å². The fourth-order valence-corrected chi connectivity index (χ4v) is 2.12. The molecule has 0 heterocycles. The molecule has 1 rings (SSSR count). The van der Waals surface area contributed by atoms with Crippen LogP contribution in [0.2, 0.25) is 0 Å². The molecule has 0 radical (unpaired) electrons. The Bertz CT molecular complexity index is 518. The highest BCUT2D eigenvalue weighted by molar-refractivity contribution is 7.89. The Kier molecular flexibility index (Phi) is 5.71. The average Bonchev–Trinajstić information content (AvgIpc) is 2.28. The lowest BCUT2D eigenvalue weighted by Crippen LogP contribution is -2.15. The molecule has 0 aliphatic rings. The van der Waals surface area contributed by atoms with Gasteiger partial charge >= 0.3 is 0 Å². The molecule has 5 nitrogen and oxygen atoms in total. The first-order valence-electron chi connectivity index (χ1n) is 6.01. The smallest absolute Gasteiger partial charge is 0.238 e. The maximum atomic E-state index is 13.6. The van der Waals surface area contributed by atoms with Gasteiger partial charge < -0.3 is 10.2 Å². The predicted octanol–water partition coefficient (Wildman–Crippen LogP) is 1.23. The molecular weight excluding hydrogens is 269 g/mol. The second-order valence-corrected chi connectivity index (χ2v) is 6.19. The Hall–Kier alpha value is -1.18. The summed E-state index contributed by atoms with van der Waals surface area (Å²) in [6, 6.07) is 3.61. The molecular formula is C12H20FN3O2S. The van der Waals surface area contributed by atoms with E-state index in [1.54, 1.807) is 0 Å². The number of unbranched alkanes of at least 4 members (excludes halogenated alkanes) is 1. The molecule has 0 spiro atoms. The molecule has 3 N–H and O–H groups in total. The van der Waals surface area contributed by atoms with E-state index in [0.717, 1.165) is 25.5 Å². The van der Waals surface area contributed by atoms with E-state index in [-0.39, 0.29) is 10.6 Å². The molecule has 0 fully saturated rings. The summed E-state index contributed by atoms with van der Waals surface area (Å²) in [7, 11) is 0.144. The lowest BCUT2D eigenvalue weighted by atomic mass is 10.2. The molecule has 1 aromatic rings. The maximum Gasteiger partial charge on any atom is 0.238 e. The number of nitrogens with two attached hydrogens (primary N) is 1. The third kappa shape index (κ3) is 5.54. The minimum atomic E-state index is -3.85. The summed E-state index contributed by atoms with van der Waals surface area (Å²) in [5.74, 6) is -0.612. The normalized spacial score (nSPS) is 11.8. The molecule has 0 aliphatic carbocycles. The molecule has 0 saturated heterocycles. The topological polar surface area (TPSA) is 75.4 Å². The lowest BCUT2D eigenvalue weighted by Gasteiger charge is -2.11. The van der Waals surface area contributed by atoms with Gasteiger partial charge in [-0.05, 0) is 51.7 Å². The number of rotatable bonds is 7. The van der Waals surface area contributed by atoms with Gasteiger partial charge in [-0.15, -0.1) is 0 Å². The Labute approximate surface area is 113 Å². The summed E-state index contributed by atoms with van der Waals surface area (Å²) in [4.78, 5) is 1.87. The van der Waals surface area contributed by atoms with E-state index in [4.69, 9.17) is 5.14 Å². The summed E-state index contributed by atoms with van der Waals surface area (Å²) >= 11 is 0. The fourth-order valence-electron chi connectivity index (χ4n) is 1.59. The van der Waals surface area contributed by atoms with Gasteiger partial charge in [0.2, 0.25) is 10.0 Å². The van der Waals surface area contributed by atoms with Crippen LogP contribution in [-0.2, 0) is 10.0 Å². The Morgan fingerprint density at radius 1 is 1.32 bits per heavy atom. The highest BCUT2D eigenvalue weighted by atomic mass is 32.2. The van der Waals surface area contributed by atoms with Gasteiger partial charge in [0.25, 0.3) is 0 Å². The van der Waals surface area contributed by atoms with E-state index in [1.165, 1.54) is 12.1 Å². The summed E-state index contributed by atoms with van der Waals surface area (Å²) in [5, 5.41) is 7.86. The molecule has 0 amide bonds. The van der Waals surface area contributed by atoms with Crippen LogP contribution >= 0.6 is 0 Å². The van der Waals surface area contributed by atoms with Crippen molar-refractivity contribution in [2.45, 2.75) is 17.7 Å². The zero-order valence-corrected chi connectivity index (χ0v) is 12.0. The first-order chi connectivity index (χ1) is 8.80. The maximum absolute atomic E-state index is 13.6. The van der Waals surface area contributed by atoms with Crippen molar-refractivity contribution in [3.63, 3.8) is 0 Å². The Balaban J connectivity index is 2.52. The van der Waals surface area contributed by atoms with Gasteiger partial charge in [0, 0.05) is 6.54 Å². The van der Waals surface area contributed by atoms with Gasteiger partial charge in [-0.2, -0.15) is 0 Å². The van der Waals surface area contributed by atoms with Crippen molar-refractivity contribution in [3.8, 4) is 0 Å². The van der Waals surface area contributed by atoms with Crippen LogP contribution in [0.4, 0.5) is 10.1 Å². The van der Waals surface area contributed by atoms with E-state index in [1.807, 2.05) is 14.1 Å². The van der Waals surface area contributed by atoms with Crippen molar-refractivity contribution in [3.05, 3.63) is 24.0 Å². The quantitative estimate of drug-likeness (QED) is 0.740. The molecule has 0 atom stereocenters. The SMILES string of the molecule is CN(C)CCCCNc1ccc(S(N)(=O)=O)cc1F. The molecule has 0 aromatic heterocycles. The van der Waals surface area contributed by atoms with Crippen molar-refractivity contribution < 1.29 is 12.8 Å². The largest absolute Gasteiger partial charge is 0.383 e. The number of benzene rings is 1. The van der Waals surface area contributed by atoms with E-state index < -0.39 is 15.8 Å². The number of hydrogen-bond donors (Lipinski definition) is 2. The molecule has 0 unspecified atom stereocenters. The van der Waals surface area contributed by atoms with Crippen molar-refractivity contribution >= 4 is 15.7 Å². The minimum Gasteiger partial charge on any atom is -0.383 e. The highest BCUT2D eigenvalue weighted by Crippen LogP contribution is 2.18. The van der Waals surface area contributed by atoms with E-state index in [0.29, 0.717) is 6.54 Å². The van der Waals surface area contributed by atoms with Crippen molar-refractivity contribution in [1.82, 2.24) is 4.90 Å². The molecule has 19 heavy (non-hydrogen) atoms. The Morgan fingerprint density at radius 3 is 2.53 bits per heavy atom. The Morgan fingerprint density at radius 2 is 2.00 bits per heavy atom. The van der Waals surface area contributed by atoms with Crippen LogP contribution in [0.25, 0.3) is 0 Å². The van der Waals surface area contributed by atoms with Crippen LogP contribution in [0.1, 0.15) is 12.8 Å². The van der Waals surface area contributed by atoms with Gasteiger partial charge in [0.05, 0.1) is 10.6 Å². The van der Waals surface area contributed by atoms with E-state index >= 15 is 0 Å². The van der Waals surface area contributed by atoms with Crippen LogP contribution in [0.5, 0.6) is 0 Å². The number of hydrogen-bond acceptors (Lipinski definition) is 4. The summed E-state index contributed by atoms with van der Waals surface area (Å²) in [6.07, 6.45) is 1.92.